The van der Waals surface area contributed by atoms with E-state index in [2.05, 4.69) is 15.2 Å². The van der Waals surface area contributed by atoms with Crippen molar-refractivity contribution in [2.24, 2.45) is 0 Å². The molecule has 0 bridgehead atoms. The minimum Gasteiger partial charge on any atom is -0.480 e. The van der Waals surface area contributed by atoms with Crippen molar-refractivity contribution in [2.45, 2.75) is 33.0 Å². The van der Waals surface area contributed by atoms with Crippen molar-refractivity contribution in [2.75, 3.05) is 0 Å². The second-order valence-corrected chi connectivity index (χ2v) is 7.92. The van der Waals surface area contributed by atoms with Gasteiger partial charge >= 0.3 is 5.97 Å². The molecule has 4 rings (SSSR count). The van der Waals surface area contributed by atoms with E-state index < -0.39 is 12.0 Å². The summed E-state index contributed by atoms with van der Waals surface area (Å²) in [6.45, 7) is 3.80. The number of nitrogens with zero attached hydrogens (tertiary/aromatic N) is 5. The van der Waals surface area contributed by atoms with Crippen molar-refractivity contribution in [3.05, 3.63) is 39.7 Å². The molecule has 0 spiro atoms. The van der Waals surface area contributed by atoms with Crippen LogP contribution in [0.3, 0.4) is 0 Å². The molecule has 0 saturated carbocycles. The molecule has 134 valence electrons. The van der Waals surface area contributed by atoms with Gasteiger partial charge in [-0.3, -0.25) is 4.79 Å². The molecule has 1 amide bonds. The van der Waals surface area contributed by atoms with Gasteiger partial charge in [0.25, 0.3) is 5.91 Å². The number of carboxylic acid groups (broad SMARTS) is 1. The van der Waals surface area contributed by atoms with Gasteiger partial charge in [-0.2, -0.15) is 0 Å². The van der Waals surface area contributed by atoms with Crippen molar-refractivity contribution < 1.29 is 14.7 Å². The predicted octanol–water partition coefficient (Wildman–Crippen LogP) is 2.19. The summed E-state index contributed by atoms with van der Waals surface area (Å²) >= 11 is 2.84. The topological polar surface area (TPSA) is 101 Å². The highest BCUT2D eigenvalue weighted by Crippen LogP contribution is 2.32. The van der Waals surface area contributed by atoms with Gasteiger partial charge in [0.1, 0.15) is 21.8 Å². The number of hydrogen-bond acceptors (Lipinski definition) is 7. The summed E-state index contributed by atoms with van der Waals surface area (Å²) in [4.78, 5) is 32.2. The predicted molar refractivity (Wildman–Crippen MR) is 96.2 cm³/mol. The number of aromatic nitrogens is 4. The summed E-state index contributed by atoms with van der Waals surface area (Å²) < 4.78 is 1.75. The van der Waals surface area contributed by atoms with Crippen molar-refractivity contribution in [1.82, 2.24) is 24.6 Å². The Morgan fingerprint density at radius 1 is 1.31 bits per heavy atom. The van der Waals surface area contributed by atoms with Gasteiger partial charge < -0.3 is 14.6 Å². The van der Waals surface area contributed by atoms with Crippen molar-refractivity contribution in [3.8, 4) is 9.88 Å². The second kappa shape index (κ2) is 6.29. The summed E-state index contributed by atoms with van der Waals surface area (Å²) in [6.07, 6.45) is 0. The van der Waals surface area contributed by atoms with Crippen LogP contribution in [0.1, 0.15) is 27.0 Å². The fourth-order valence-electron chi connectivity index (χ4n) is 2.97. The lowest BCUT2D eigenvalue weighted by molar-refractivity contribution is -0.143. The van der Waals surface area contributed by atoms with E-state index >= 15 is 0 Å². The van der Waals surface area contributed by atoms with E-state index in [4.69, 9.17) is 0 Å². The van der Waals surface area contributed by atoms with Crippen LogP contribution in [-0.4, -0.2) is 47.7 Å². The lowest BCUT2D eigenvalue weighted by atomic mass is 10.1. The maximum absolute atomic E-state index is 13.1. The minimum absolute atomic E-state index is 0.113. The minimum atomic E-state index is -1.04. The fraction of sp³-hybridized carbons (Fsp3) is 0.312. The zero-order valence-corrected chi connectivity index (χ0v) is 15.7. The van der Waals surface area contributed by atoms with Gasteiger partial charge in [-0.1, -0.05) is 6.07 Å². The molecule has 1 atom stereocenters. The number of aliphatic carboxylic acids is 1. The molecule has 0 radical (unpaired) electrons. The first kappa shape index (κ1) is 16.9. The van der Waals surface area contributed by atoms with Gasteiger partial charge in [0, 0.05) is 0 Å². The Morgan fingerprint density at radius 3 is 2.81 bits per heavy atom. The van der Waals surface area contributed by atoms with Crippen LogP contribution in [0.15, 0.2) is 17.5 Å². The molecule has 8 nitrogen and oxygen atoms in total. The third kappa shape index (κ3) is 2.71. The van der Waals surface area contributed by atoms with Crippen LogP contribution in [0.4, 0.5) is 0 Å². The molecule has 0 saturated heterocycles. The highest BCUT2D eigenvalue weighted by atomic mass is 32.1. The number of hydrogen-bond donors (Lipinski definition) is 1. The van der Waals surface area contributed by atoms with Gasteiger partial charge in [0.05, 0.1) is 23.7 Å². The van der Waals surface area contributed by atoms with Gasteiger partial charge in [0.15, 0.2) is 5.82 Å². The fourth-order valence-corrected chi connectivity index (χ4v) is 4.79. The maximum atomic E-state index is 13.1. The smallest absolute Gasteiger partial charge is 0.328 e. The quantitative estimate of drug-likeness (QED) is 0.737. The van der Waals surface area contributed by atoms with E-state index in [1.54, 1.807) is 29.8 Å². The molecule has 10 heteroatoms. The van der Waals surface area contributed by atoms with E-state index in [9.17, 15) is 14.7 Å². The molecular weight excluding hydrogens is 374 g/mol. The van der Waals surface area contributed by atoms with Crippen LogP contribution in [0.2, 0.25) is 0 Å². The number of thiazole rings is 1. The number of thiophene rings is 1. The third-order valence-corrected chi connectivity index (χ3v) is 6.51. The molecule has 4 heterocycles. The Kier molecular flexibility index (Phi) is 4.08. The molecule has 3 aromatic rings. The van der Waals surface area contributed by atoms with Crippen molar-refractivity contribution >= 4 is 34.6 Å². The molecule has 1 aliphatic rings. The van der Waals surface area contributed by atoms with E-state index in [0.29, 0.717) is 22.2 Å². The van der Waals surface area contributed by atoms with Crippen molar-refractivity contribution in [1.29, 1.82) is 0 Å². The van der Waals surface area contributed by atoms with Crippen LogP contribution >= 0.6 is 22.7 Å². The molecule has 0 fully saturated rings. The highest BCUT2D eigenvalue weighted by molar-refractivity contribution is 7.22. The normalized spacial score (nSPS) is 16.5. The number of carbonyl (C=O) groups excluding carboxylic acids is 1. The first-order valence-electron chi connectivity index (χ1n) is 7.89. The van der Waals surface area contributed by atoms with Crippen LogP contribution in [-0.2, 0) is 17.9 Å². The average Bonchev–Trinajstić information content (AvgIpc) is 3.33. The van der Waals surface area contributed by atoms with E-state index in [1.165, 1.54) is 16.2 Å². The molecule has 1 unspecified atom stereocenters. The van der Waals surface area contributed by atoms with Gasteiger partial charge in [-0.25, -0.2) is 9.78 Å². The SMILES string of the molecule is Cc1nc(-c2cccs2)sc1C(=O)N1Cc2nnc(C)n2CC1C(=O)O. The van der Waals surface area contributed by atoms with E-state index in [-0.39, 0.29) is 19.0 Å². The summed E-state index contributed by atoms with van der Waals surface area (Å²) in [5.41, 5.74) is 0.607. The van der Waals surface area contributed by atoms with Crippen LogP contribution in [0.25, 0.3) is 9.88 Å². The molecule has 1 N–H and O–H groups in total. The van der Waals surface area contributed by atoms with Crippen LogP contribution in [0.5, 0.6) is 0 Å². The van der Waals surface area contributed by atoms with Crippen molar-refractivity contribution in [3.63, 3.8) is 0 Å². The second-order valence-electron chi connectivity index (χ2n) is 5.97. The van der Waals surface area contributed by atoms with E-state index in [0.717, 1.165) is 9.88 Å². The molecule has 3 aromatic heterocycles. The standard InChI is InChI=1S/C16H15N5O3S2/c1-8-13(26-14(17-8)11-4-3-5-25-11)15(22)21-7-12-19-18-9(2)20(12)6-10(21)16(23)24/h3-5,10H,6-7H2,1-2H3,(H,23,24). The number of carbonyl (C=O) groups is 2. The maximum Gasteiger partial charge on any atom is 0.328 e. The van der Waals surface area contributed by atoms with Gasteiger partial charge in [-0.05, 0) is 25.3 Å². The Labute approximate surface area is 156 Å². The summed E-state index contributed by atoms with van der Waals surface area (Å²) in [6, 6.07) is 2.92. The summed E-state index contributed by atoms with van der Waals surface area (Å²) in [5, 5.41) is 20.4. The number of fused-ring (bicyclic) bond motifs is 1. The summed E-state index contributed by atoms with van der Waals surface area (Å²) in [7, 11) is 0. The average molecular weight is 389 g/mol. The largest absolute Gasteiger partial charge is 0.480 e. The van der Waals surface area contributed by atoms with Crippen LogP contribution in [0, 0.1) is 13.8 Å². The zero-order valence-electron chi connectivity index (χ0n) is 14.0. The molecule has 0 aromatic carbocycles. The summed E-state index contributed by atoms with van der Waals surface area (Å²) in [5.74, 6) is -0.138. The number of carboxylic acids is 1. The zero-order chi connectivity index (χ0) is 18.4. The Balaban J connectivity index is 1.70. The first-order valence-corrected chi connectivity index (χ1v) is 9.59. The Morgan fingerprint density at radius 2 is 2.12 bits per heavy atom. The Hall–Kier alpha value is -2.59. The molecular formula is C16H15N5O3S2. The lowest BCUT2D eigenvalue weighted by Gasteiger charge is -2.33. The third-order valence-electron chi connectivity index (χ3n) is 4.32. The van der Waals surface area contributed by atoms with Gasteiger partial charge in [0.2, 0.25) is 0 Å². The molecule has 0 aliphatic carbocycles. The van der Waals surface area contributed by atoms with Crippen LogP contribution < -0.4 is 0 Å². The highest BCUT2D eigenvalue weighted by Gasteiger charge is 2.38. The van der Waals surface area contributed by atoms with Gasteiger partial charge in [-0.15, -0.1) is 32.9 Å². The lowest BCUT2D eigenvalue weighted by Crippen LogP contribution is -2.50. The number of rotatable bonds is 3. The first-order chi connectivity index (χ1) is 12.5. The molecule has 1 aliphatic heterocycles. The van der Waals surface area contributed by atoms with E-state index in [1.807, 2.05) is 17.5 Å². The number of aryl methyl sites for hydroxylation is 2. The molecule has 26 heavy (non-hydrogen) atoms. The Bertz CT molecular complexity index is 992. The monoisotopic (exact) mass is 389 g/mol. The number of amides is 1.